The second-order valence-electron chi connectivity index (χ2n) is 5.43. The van der Waals surface area contributed by atoms with Gasteiger partial charge in [-0.25, -0.2) is 0 Å². The zero-order valence-electron chi connectivity index (χ0n) is 9.89. The normalized spacial score (nSPS) is 34.1. The number of nitrogens with one attached hydrogen (secondary N) is 1. The van der Waals surface area contributed by atoms with Gasteiger partial charge in [0.15, 0.2) is 0 Å². The average Bonchev–Trinajstić information content (AvgIpc) is 2.72. The van der Waals surface area contributed by atoms with Crippen molar-refractivity contribution >= 4 is 0 Å². The molecule has 1 N–H and O–H groups in total. The predicted octanol–water partition coefficient (Wildman–Crippen LogP) is 2.96. The summed E-state index contributed by atoms with van der Waals surface area (Å²) < 4.78 is 0. The van der Waals surface area contributed by atoms with E-state index in [1.807, 2.05) is 0 Å². The molecular formula is C14H23N. The van der Waals surface area contributed by atoms with Crippen molar-refractivity contribution < 1.29 is 0 Å². The highest BCUT2D eigenvalue weighted by Crippen LogP contribution is 2.53. The fourth-order valence-corrected chi connectivity index (χ4v) is 3.82. The van der Waals surface area contributed by atoms with Crippen LogP contribution in [0.4, 0.5) is 0 Å². The van der Waals surface area contributed by atoms with Gasteiger partial charge >= 0.3 is 0 Å². The molecule has 84 valence electrons. The van der Waals surface area contributed by atoms with Gasteiger partial charge in [0.05, 0.1) is 0 Å². The Balaban J connectivity index is 2.07. The minimum absolute atomic E-state index is 0.639. The molecule has 1 nitrogen and oxygen atoms in total. The minimum atomic E-state index is 0.639. The first kappa shape index (κ1) is 11.0. The standard InChI is InChI=1S/C14H23N/c1-3-6-12-11-13(15-2)7-10-14(12)8-4-5-9-14/h1,12-13,15H,4-11H2,2H3. The van der Waals surface area contributed by atoms with Gasteiger partial charge in [0.2, 0.25) is 0 Å². The van der Waals surface area contributed by atoms with Gasteiger partial charge in [-0.2, -0.15) is 0 Å². The first-order valence-electron chi connectivity index (χ1n) is 6.41. The van der Waals surface area contributed by atoms with Crippen molar-refractivity contribution in [3.63, 3.8) is 0 Å². The number of rotatable bonds is 2. The van der Waals surface area contributed by atoms with Gasteiger partial charge in [-0.05, 0) is 50.5 Å². The van der Waals surface area contributed by atoms with Crippen molar-refractivity contribution in [2.24, 2.45) is 11.3 Å². The molecule has 0 aromatic rings. The topological polar surface area (TPSA) is 12.0 Å². The average molecular weight is 205 g/mol. The van der Waals surface area contributed by atoms with Gasteiger partial charge in [0.25, 0.3) is 0 Å². The van der Waals surface area contributed by atoms with Crippen LogP contribution in [0.2, 0.25) is 0 Å². The lowest BCUT2D eigenvalue weighted by atomic mass is 9.63. The van der Waals surface area contributed by atoms with Crippen LogP contribution in [-0.2, 0) is 0 Å². The predicted molar refractivity (Wildman–Crippen MR) is 64.5 cm³/mol. The summed E-state index contributed by atoms with van der Waals surface area (Å²) in [6.45, 7) is 0. The zero-order chi connectivity index (χ0) is 10.7. The molecule has 2 atom stereocenters. The Hall–Kier alpha value is -0.480. The van der Waals surface area contributed by atoms with E-state index in [0.717, 1.165) is 18.4 Å². The van der Waals surface area contributed by atoms with Crippen molar-refractivity contribution in [3.8, 4) is 12.3 Å². The lowest BCUT2D eigenvalue weighted by Gasteiger charge is -2.44. The Morgan fingerprint density at radius 1 is 1.33 bits per heavy atom. The van der Waals surface area contributed by atoms with E-state index in [1.165, 1.54) is 44.9 Å². The fraction of sp³-hybridized carbons (Fsp3) is 0.857. The van der Waals surface area contributed by atoms with Crippen molar-refractivity contribution in [2.45, 2.75) is 57.4 Å². The number of terminal acetylenes is 1. The Morgan fingerprint density at radius 3 is 2.67 bits per heavy atom. The van der Waals surface area contributed by atoms with Crippen molar-refractivity contribution in [1.82, 2.24) is 5.32 Å². The second kappa shape index (κ2) is 4.58. The lowest BCUT2D eigenvalue weighted by molar-refractivity contribution is 0.0856. The Kier molecular flexibility index (Phi) is 3.36. The summed E-state index contributed by atoms with van der Waals surface area (Å²) >= 11 is 0. The molecular weight excluding hydrogens is 182 g/mol. The quantitative estimate of drug-likeness (QED) is 0.683. The summed E-state index contributed by atoms with van der Waals surface area (Å²) in [6, 6.07) is 0.717. The van der Waals surface area contributed by atoms with E-state index >= 15 is 0 Å². The Morgan fingerprint density at radius 2 is 2.07 bits per heavy atom. The molecule has 0 bridgehead atoms. The molecule has 0 aliphatic heterocycles. The molecule has 2 aliphatic rings. The maximum Gasteiger partial charge on any atom is 0.0120 e. The molecule has 2 aliphatic carbocycles. The smallest absolute Gasteiger partial charge is 0.0120 e. The third-order valence-corrected chi connectivity index (χ3v) is 4.80. The molecule has 1 heteroatoms. The Bertz CT molecular complexity index is 245. The SMILES string of the molecule is C#CCC1CC(NC)CCC12CCCC2. The summed E-state index contributed by atoms with van der Waals surface area (Å²) in [5, 5.41) is 3.43. The van der Waals surface area contributed by atoms with Crippen LogP contribution in [0.1, 0.15) is 51.4 Å². The molecule has 0 aromatic carbocycles. The third kappa shape index (κ3) is 2.06. The largest absolute Gasteiger partial charge is 0.317 e. The summed E-state index contributed by atoms with van der Waals surface area (Å²) in [7, 11) is 2.09. The maximum absolute atomic E-state index is 5.53. The van der Waals surface area contributed by atoms with Crippen LogP contribution in [-0.4, -0.2) is 13.1 Å². The van der Waals surface area contributed by atoms with E-state index < -0.39 is 0 Å². The van der Waals surface area contributed by atoms with Gasteiger partial charge in [0.1, 0.15) is 0 Å². The molecule has 2 fully saturated rings. The van der Waals surface area contributed by atoms with E-state index in [-0.39, 0.29) is 0 Å². The molecule has 0 heterocycles. The van der Waals surface area contributed by atoms with E-state index in [9.17, 15) is 0 Å². The summed E-state index contributed by atoms with van der Waals surface area (Å²) in [5.74, 6) is 3.69. The van der Waals surface area contributed by atoms with Gasteiger partial charge in [-0.15, -0.1) is 12.3 Å². The summed E-state index contributed by atoms with van der Waals surface area (Å²) in [5.41, 5.74) is 0.639. The summed E-state index contributed by atoms with van der Waals surface area (Å²) in [6.07, 6.45) is 16.3. The van der Waals surface area contributed by atoms with E-state index in [0.29, 0.717) is 5.41 Å². The van der Waals surface area contributed by atoms with Crippen LogP contribution < -0.4 is 5.32 Å². The van der Waals surface area contributed by atoms with Crippen molar-refractivity contribution in [1.29, 1.82) is 0 Å². The minimum Gasteiger partial charge on any atom is -0.317 e. The first-order chi connectivity index (χ1) is 7.30. The Labute approximate surface area is 94.0 Å². The maximum atomic E-state index is 5.53. The first-order valence-corrected chi connectivity index (χ1v) is 6.41. The molecule has 0 aromatic heterocycles. The van der Waals surface area contributed by atoms with Gasteiger partial charge in [-0.1, -0.05) is 12.8 Å². The van der Waals surface area contributed by atoms with E-state index in [4.69, 9.17) is 6.42 Å². The molecule has 1 spiro atoms. The molecule has 2 rings (SSSR count). The highest BCUT2D eigenvalue weighted by molar-refractivity contribution is 5.01. The van der Waals surface area contributed by atoms with E-state index in [1.54, 1.807) is 0 Å². The zero-order valence-corrected chi connectivity index (χ0v) is 9.89. The molecule has 0 saturated heterocycles. The van der Waals surface area contributed by atoms with Crippen LogP contribution in [0.5, 0.6) is 0 Å². The van der Waals surface area contributed by atoms with Crippen LogP contribution in [0, 0.1) is 23.7 Å². The van der Waals surface area contributed by atoms with Crippen LogP contribution in [0.15, 0.2) is 0 Å². The molecule has 15 heavy (non-hydrogen) atoms. The van der Waals surface area contributed by atoms with Gasteiger partial charge < -0.3 is 5.32 Å². The van der Waals surface area contributed by atoms with Crippen LogP contribution in [0.3, 0.4) is 0 Å². The lowest BCUT2D eigenvalue weighted by Crippen LogP contribution is -2.41. The van der Waals surface area contributed by atoms with E-state index in [2.05, 4.69) is 18.3 Å². The highest BCUT2D eigenvalue weighted by atomic mass is 14.9. The van der Waals surface area contributed by atoms with Crippen molar-refractivity contribution in [3.05, 3.63) is 0 Å². The molecule has 0 radical (unpaired) electrons. The van der Waals surface area contributed by atoms with Crippen molar-refractivity contribution in [2.75, 3.05) is 7.05 Å². The fourth-order valence-electron chi connectivity index (χ4n) is 3.82. The number of hydrogen-bond acceptors (Lipinski definition) is 1. The van der Waals surface area contributed by atoms with Gasteiger partial charge in [0, 0.05) is 12.5 Å². The second-order valence-corrected chi connectivity index (χ2v) is 5.43. The molecule has 2 saturated carbocycles. The van der Waals surface area contributed by atoms with Crippen LogP contribution in [0.25, 0.3) is 0 Å². The molecule has 2 unspecified atom stereocenters. The monoisotopic (exact) mass is 205 g/mol. The third-order valence-electron chi connectivity index (χ3n) is 4.80. The summed E-state index contributed by atoms with van der Waals surface area (Å²) in [4.78, 5) is 0. The highest BCUT2D eigenvalue weighted by Gasteiger charge is 2.44. The van der Waals surface area contributed by atoms with Gasteiger partial charge in [-0.3, -0.25) is 0 Å². The molecule has 0 amide bonds. The number of hydrogen-bond donors (Lipinski definition) is 1. The van der Waals surface area contributed by atoms with Crippen LogP contribution >= 0.6 is 0 Å².